The van der Waals surface area contributed by atoms with Gasteiger partial charge in [-0.25, -0.2) is 4.79 Å². The molecule has 0 spiro atoms. The summed E-state index contributed by atoms with van der Waals surface area (Å²) in [6, 6.07) is 5.39. The Morgan fingerprint density at radius 1 is 1.48 bits per heavy atom. The monoisotopic (exact) mass is 313 g/mol. The molecule has 0 aromatic carbocycles. The van der Waals surface area contributed by atoms with Crippen molar-refractivity contribution in [2.75, 3.05) is 12.3 Å². The average Bonchev–Trinajstić information content (AvgIpc) is 2.92. The lowest BCUT2D eigenvalue weighted by atomic mass is 10.1. The van der Waals surface area contributed by atoms with E-state index in [1.54, 1.807) is 12.4 Å². The number of rotatable bonds is 6. The van der Waals surface area contributed by atoms with Crippen molar-refractivity contribution < 1.29 is 4.79 Å². The molecule has 0 bridgehead atoms. The number of nitrogen functional groups attached to an aromatic ring is 1. The number of aromatic amines is 1. The van der Waals surface area contributed by atoms with Gasteiger partial charge >= 0.3 is 6.03 Å². The summed E-state index contributed by atoms with van der Waals surface area (Å²) >= 11 is 0. The van der Waals surface area contributed by atoms with Crippen LogP contribution in [0.2, 0.25) is 0 Å². The molecule has 2 aromatic heterocycles. The van der Waals surface area contributed by atoms with Crippen LogP contribution in [0.5, 0.6) is 0 Å². The van der Waals surface area contributed by atoms with Crippen LogP contribution in [0, 0.1) is 11.3 Å². The second-order valence-corrected chi connectivity index (χ2v) is 5.08. The van der Waals surface area contributed by atoms with Crippen LogP contribution in [-0.2, 0) is 6.42 Å². The third-order valence-electron chi connectivity index (χ3n) is 3.42. The molecule has 2 amide bonds. The highest BCUT2D eigenvalue weighted by Crippen LogP contribution is 2.13. The van der Waals surface area contributed by atoms with Crippen LogP contribution in [0.25, 0.3) is 0 Å². The van der Waals surface area contributed by atoms with Crippen molar-refractivity contribution >= 4 is 11.8 Å². The first-order valence-corrected chi connectivity index (χ1v) is 7.29. The van der Waals surface area contributed by atoms with Gasteiger partial charge in [-0.2, -0.15) is 10.4 Å². The number of pyridine rings is 1. The first-order valence-electron chi connectivity index (χ1n) is 7.29. The summed E-state index contributed by atoms with van der Waals surface area (Å²) in [5.41, 5.74) is 7.62. The number of amides is 2. The quantitative estimate of drug-likeness (QED) is 0.596. The number of nitriles is 1. The first kappa shape index (κ1) is 16.3. The number of nitrogens with one attached hydrogen (secondary N) is 3. The molecule has 1 atom stereocenters. The van der Waals surface area contributed by atoms with E-state index in [1.807, 2.05) is 25.1 Å². The predicted molar refractivity (Wildman–Crippen MR) is 85.2 cm³/mol. The van der Waals surface area contributed by atoms with Gasteiger partial charge in [-0.15, -0.1) is 0 Å². The highest BCUT2D eigenvalue weighted by Gasteiger charge is 2.11. The molecular formula is C15H19N7O. The maximum absolute atomic E-state index is 11.8. The summed E-state index contributed by atoms with van der Waals surface area (Å²) in [5, 5.41) is 21.1. The number of H-pyrrole nitrogens is 1. The number of carbonyl (C=O) groups is 1. The third kappa shape index (κ3) is 4.44. The SMILES string of the molecule is CC(NC(=O)NCCCc1[nH]nc(N)c1C#N)c1ccncc1. The van der Waals surface area contributed by atoms with E-state index in [4.69, 9.17) is 11.0 Å². The molecular weight excluding hydrogens is 294 g/mol. The minimum absolute atomic E-state index is 0.101. The molecule has 2 aromatic rings. The van der Waals surface area contributed by atoms with Crippen LogP contribution in [0.15, 0.2) is 24.5 Å². The van der Waals surface area contributed by atoms with Gasteiger partial charge in [0.15, 0.2) is 5.82 Å². The number of urea groups is 1. The van der Waals surface area contributed by atoms with E-state index in [0.29, 0.717) is 30.6 Å². The van der Waals surface area contributed by atoms with Gasteiger partial charge in [0.25, 0.3) is 0 Å². The van der Waals surface area contributed by atoms with Crippen molar-refractivity contribution in [3.8, 4) is 6.07 Å². The highest BCUT2D eigenvalue weighted by atomic mass is 16.2. The van der Waals surface area contributed by atoms with E-state index < -0.39 is 0 Å². The summed E-state index contributed by atoms with van der Waals surface area (Å²) in [6.45, 7) is 2.39. The lowest BCUT2D eigenvalue weighted by molar-refractivity contribution is 0.238. The number of nitrogens with two attached hydrogens (primary N) is 1. The molecule has 0 aliphatic rings. The van der Waals surface area contributed by atoms with Crippen LogP contribution in [0.4, 0.5) is 10.6 Å². The molecule has 0 aliphatic carbocycles. The van der Waals surface area contributed by atoms with Crippen LogP contribution in [0.1, 0.15) is 36.2 Å². The van der Waals surface area contributed by atoms with Crippen LogP contribution >= 0.6 is 0 Å². The normalized spacial score (nSPS) is 11.5. The van der Waals surface area contributed by atoms with Gasteiger partial charge in [0.2, 0.25) is 0 Å². The molecule has 2 heterocycles. The molecule has 8 heteroatoms. The van der Waals surface area contributed by atoms with Gasteiger partial charge in [0.05, 0.1) is 11.7 Å². The van der Waals surface area contributed by atoms with Gasteiger partial charge in [-0.1, -0.05) is 0 Å². The molecule has 0 saturated carbocycles. The van der Waals surface area contributed by atoms with Crippen molar-refractivity contribution in [1.29, 1.82) is 5.26 Å². The van der Waals surface area contributed by atoms with Crippen molar-refractivity contribution in [1.82, 2.24) is 25.8 Å². The van der Waals surface area contributed by atoms with Gasteiger partial charge in [-0.05, 0) is 37.5 Å². The van der Waals surface area contributed by atoms with Crippen LogP contribution in [0.3, 0.4) is 0 Å². The number of hydrogen-bond acceptors (Lipinski definition) is 5. The molecule has 5 N–H and O–H groups in total. The topological polar surface area (TPSA) is 133 Å². The van der Waals surface area contributed by atoms with E-state index in [-0.39, 0.29) is 17.9 Å². The Bertz CT molecular complexity index is 690. The Morgan fingerprint density at radius 3 is 2.91 bits per heavy atom. The Labute approximate surface area is 134 Å². The maximum atomic E-state index is 11.8. The molecule has 2 rings (SSSR count). The molecule has 0 aliphatic heterocycles. The molecule has 120 valence electrons. The van der Waals surface area contributed by atoms with E-state index in [9.17, 15) is 4.79 Å². The fourth-order valence-electron chi connectivity index (χ4n) is 2.15. The zero-order valence-electron chi connectivity index (χ0n) is 12.8. The predicted octanol–water partition coefficient (Wildman–Crippen LogP) is 1.25. The van der Waals surface area contributed by atoms with Crippen molar-refractivity contribution in [2.45, 2.75) is 25.8 Å². The standard InChI is InChI=1S/C15H19N7O/c1-10(11-4-7-18-8-5-11)20-15(23)19-6-2-3-13-12(9-16)14(17)22-21-13/h4-5,7-8,10H,2-3,6H2,1H3,(H3,17,21,22)(H2,19,20,23). The lowest BCUT2D eigenvalue weighted by Crippen LogP contribution is -2.37. The molecule has 8 nitrogen and oxygen atoms in total. The van der Waals surface area contributed by atoms with Crippen molar-refractivity contribution in [2.24, 2.45) is 0 Å². The zero-order valence-corrected chi connectivity index (χ0v) is 12.8. The Hall–Kier alpha value is -3.08. The number of anilines is 1. The second kappa shape index (κ2) is 7.79. The fraction of sp³-hybridized carbons (Fsp3) is 0.333. The molecule has 0 fully saturated rings. The third-order valence-corrected chi connectivity index (χ3v) is 3.42. The Balaban J connectivity index is 1.72. The minimum Gasteiger partial charge on any atom is -0.381 e. The maximum Gasteiger partial charge on any atom is 0.315 e. The Kier molecular flexibility index (Phi) is 5.52. The van der Waals surface area contributed by atoms with Crippen LogP contribution in [-0.4, -0.2) is 27.8 Å². The Morgan fingerprint density at radius 2 is 2.22 bits per heavy atom. The minimum atomic E-state index is -0.237. The molecule has 0 saturated heterocycles. The summed E-state index contributed by atoms with van der Waals surface area (Å²) < 4.78 is 0. The van der Waals surface area contributed by atoms with Crippen molar-refractivity contribution in [3.63, 3.8) is 0 Å². The first-order chi connectivity index (χ1) is 11.1. The zero-order chi connectivity index (χ0) is 16.7. The highest BCUT2D eigenvalue weighted by molar-refractivity contribution is 5.74. The number of carbonyl (C=O) groups excluding carboxylic acids is 1. The summed E-state index contributed by atoms with van der Waals surface area (Å²) in [5.74, 6) is 0.208. The number of aromatic nitrogens is 3. The van der Waals surface area contributed by atoms with Gasteiger partial charge in [0.1, 0.15) is 11.6 Å². The van der Waals surface area contributed by atoms with E-state index in [2.05, 4.69) is 25.8 Å². The summed E-state index contributed by atoms with van der Waals surface area (Å²) in [7, 11) is 0. The van der Waals surface area contributed by atoms with Gasteiger partial charge < -0.3 is 16.4 Å². The van der Waals surface area contributed by atoms with E-state index in [0.717, 1.165) is 5.56 Å². The summed E-state index contributed by atoms with van der Waals surface area (Å²) in [6.07, 6.45) is 4.64. The smallest absolute Gasteiger partial charge is 0.315 e. The molecule has 0 radical (unpaired) electrons. The van der Waals surface area contributed by atoms with Crippen LogP contribution < -0.4 is 16.4 Å². The van der Waals surface area contributed by atoms with Gasteiger partial charge in [-0.3, -0.25) is 10.1 Å². The largest absolute Gasteiger partial charge is 0.381 e. The molecule has 23 heavy (non-hydrogen) atoms. The van der Waals surface area contributed by atoms with Gasteiger partial charge in [0, 0.05) is 18.9 Å². The fourth-order valence-corrected chi connectivity index (χ4v) is 2.15. The lowest BCUT2D eigenvalue weighted by Gasteiger charge is -2.14. The van der Waals surface area contributed by atoms with Crippen molar-refractivity contribution in [3.05, 3.63) is 41.3 Å². The van der Waals surface area contributed by atoms with E-state index >= 15 is 0 Å². The number of nitrogens with zero attached hydrogens (tertiary/aromatic N) is 3. The second-order valence-electron chi connectivity index (χ2n) is 5.08. The summed E-state index contributed by atoms with van der Waals surface area (Å²) in [4.78, 5) is 15.8. The molecule has 1 unspecified atom stereocenters. The number of hydrogen-bond donors (Lipinski definition) is 4. The number of aryl methyl sites for hydroxylation is 1. The average molecular weight is 313 g/mol. The van der Waals surface area contributed by atoms with E-state index in [1.165, 1.54) is 0 Å².